The molecular formula is C15H14BrFN2O4S. The van der Waals surface area contributed by atoms with Crippen LogP contribution in [0, 0.1) is 5.82 Å². The van der Waals surface area contributed by atoms with Crippen LogP contribution in [-0.4, -0.2) is 21.9 Å². The van der Waals surface area contributed by atoms with E-state index in [1.165, 1.54) is 17.8 Å². The molecule has 1 aliphatic heterocycles. The van der Waals surface area contributed by atoms with E-state index in [2.05, 4.69) is 21.2 Å². The summed E-state index contributed by atoms with van der Waals surface area (Å²) in [6.45, 7) is 3.52. The number of nitrogens with two attached hydrogens (primary N) is 1. The molecule has 1 aromatic carbocycles. The summed E-state index contributed by atoms with van der Waals surface area (Å²) in [7, 11) is 0. The summed E-state index contributed by atoms with van der Waals surface area (Å²) in [5.41, 5.74) is 5.67. The van der Waals surface area contributed by atoms with Gasteiger partial charge in [-0.1, -0.05) is 0 Å². The summed E-state index contributed by atoms with van der Waals surface area (Å²) >= 11 is 4.41. The van der Waals surface area contributed by atoms with E-state index in [9.17, 15) is 19.1 Å². The Bertz CT molecular complexity index is 914. The van der Waals surface area contributed by atoms with Crippen LogP contribution in [0.2, 0.25) is 0 Å². The van der Waals surface area contributed by atoms with E-state index in [0.29, 0.717) is 0 Å². The molecule has 1 aliphatic rings. The van der Waals surface area contributed by atoms with Crippen LogP contribution in [0.15, 0.2) is 25.8 Å². The average molecular weight is 417 g/mol. The molecule has 1 saturated heterocycles. The number of anilines is 1. The summed E-state index contributed by atoms with van der Waals surface area (Å²) in [5.74, 6) is -1.73. The zero-order valence-electron chi connectivity index (χ0n) is 12.7. The lowest BCUT2D eigenvalue weighted by Gasteiger charge is -2.20. The Kier molecular flexibility index (Phi) is 4.13. The Balaban J connectivity index is 2.18. The van der Waals surface area contributed by atoms with E-state index in [4.69, 9.17) is 10.2 Å². The molecule has 0 spiro atoms. The van der Waals surface area contributed by atoms with Gasteiger partial charge >= 0.3 is 5.97 Å². The third-order valence-electron chi connectivity index (χ3n) is 3.92. The van der Waals surface area contributed by atoms with Gasteiger partial charge in [-0.3, -0.25) is 14.9 Å². The summed E-state index contributed by atoms with van der Waals surface area (Å²) < 4.78 is 18.8. The Morgan fingerprint density at radius 3 is 2.75 bits per heavy atom. The van der Waals surface area contributed by atoms with Crippen LogP contribution in [0.5, 0.6) is 0 Å². The quantitative estimate of drug-likeness (QED) is 0.690. The first-order valence-electron chi connectivity index (χ1n) is 6.99. The molecule has 9 heteroatoms. The maximum Gasteiger partial charge on any atom is 0.322 e. The normalized spacial score (nSPS) is 22.8. The Morgan fingerprint density at radius 2 is 2.17 bits per heavy atom. The van der Waals surface area contributed by atoms with Gasteiger partial charge in [-0.25, -0.2) is 4.39 Å². The number of halogens is 2. The van der Waals surface area contributed by atoms with Crippen LogP contribution in [0.1, 0.15) is 24.8 Å². The number of carboxylic acids is 1. The number of hydrogen-bond acceptors (Lipinski definition) is 6. The van der Waals surface area contributed by atoms with Crippen molar-refractivity contribution in [2.45, 2.75) is 30.0 Å². The highest BCUT2D eigenvalue weighted by Crippen LogP contribution is 2.46. The van der Waals surface area contributed by atoms with Gasteiger partial charge < -0.3 is 15.3 Å². The van der Waals surface area contributed by atoms with Gasteiger partial charge in [-0.05, 0) is 41.9 Å². The number of fused-ring (bicyclic) bond motifs is 1. The largest absolute Gasteiger partial charge is 0.480 e. The van der Waals surface area contributed by atoms with E-state index in [-0.39, 0.29) is 26.9 Å². The second-order valence-corrected chi connectivity index (χ2v) is 8.63. The molecule has 2 atom stereocenters. The number of nitrogen functional groups attached to an aromatic ring is 1. The zero-order valence-corrected chi connectivity index (χ0v) is 15.1. The number of aliphatic carboxylic acids is 1. The van der Waals surface area contributed by atoms with Gasteiger partial charge in [0, 0.05) is 4.75 Å². The molecule has 1 aromatic heterocycles. The first-order chi connectivity index (χ1) is 11.1. The monoisotopic (exact) mass is 416 g/mol. The van der Waals surface area contributed by atoms with Gasteiger partial charge in [-0.2, -0.15) is 0 Å². The molecule has 3 rings (SSSR count). The number of carbonyl (C=O) groups is 1. The molecule has 24 heavy (non-hydrogen) atoms. The minimum Gasteiger partial charge on any atom is -0.480 e. The van der Waals surface area contributed by atoms with Crippen molar-refractivity contribution in [3.8, 4) is 0 Å². The molecular weight excluding hydrogens is 403 g/mol. The van der Waals surface area contributed by atoms with Crippen molar-refractivity contribution in [2.75, 3.05) is 5.73 Å². The number of hydrogen-bond donors (Lipinski definition) is 3. The summed E-state index contributed by atoms with van der Waals surface area (Å²) in [4.78, 5) is 24.2. The van der Waals surface area contributed by atoms with Gasteiger partial charge in [0.05, 0.1) is 20.8 Å². The molecule has 0 radical (unpaired) electrons. The molecule has 6 nitrogen and oxygen atoms in total. The second kappa shape index (κ2) is 5.75. The van der Waals surface area contributed by atoms with E-state index in [0.717, 1.165) is 6.07 Å². The van der Waals surface area contributed by atoms with E-state index in [1.54, 1.807) is 13.8 Å². The average Bonchev–Trinajstić information content (AvgIpc) is 2.76. The van der Waals surface area contributed by atoms with E-state index in [1.807, 2.05) is 0 Å². The molecule has 0 bridgehead atoms. The van der Waals surface area contributed by atoms with Crippen molar-refractivity contribution < 1.29 is 18.7 Å². The van der Waals surface area contributed by atoms with Gasteiger partial charge in [0.1, 0.15) is 11.9 Å². The van der Waals surface area contributed by atoms with Crippen LogP contribution in [0.25, 0.3) is 11.0 Å². The third-order valence-corrected chi connectivity index (χ3v) is 5.96. The van der Waals surface area contributed by atoms with Crippen molar-refractivity contribution in [3.05, 3.63) is 38.2 Å². The maximum atomic E-state index is 13.6. The van der Waals surface area contributed by atoms with E-state index >= 15 is 0 Å². The Hall–Kier alpha value is -1.58. The molecule has 2 unspecified atom stereocenters. The second-order valence-electron chi connectivity index (χ2n) is 6.01. The molecule has 0 aliphatic carbocycles. The SMILES string of the molecule is CC1(C)SC(c2c(N)oc3c(Br)cc(F)cc3c2=O)NC1C(=O)O. The highest BCUT2D eigenvalue weighted by molar-refractivity contribution is 9.10. The summed E-state index contributed by atoms with van der Waals surface area (Å²) in [6, 6.07) is 1.39. The fourth-order valence-corrected chi connectivity index (χ4v) is 4.74. The fourth-order valence-electron chi connectivity index (χ4n) is 2.77. The minimum atomic E-state index is -1.02. The predicted molar refractivity (Wildman–Crippen MR) is 93.5 cm³/mol. The molecule has 2 heterocycles. The van der Waals surface area contributed by atoms with Gasteiger partial charge in [0.25, 0.3) is 0 Å². The van der Waals surface area contributed by atoms with Gasteiger partial charge in [-0.15, -0.1) is 11.8 Å². The van der Waals surface area contributed by atoms with Crippen molar-refractivity contribution in [1.82, 2.24) is 5.32 Å². The zero-order chi connectivity index (χ0) is 17.8. The standard InChI is InChI=1S/C15H14BrFN2O4S/c1-15(2)11(14(21)22)19-13(24-15)8-9(20)6-3-5(17)4-7(16)10(6)23-12(8)18/h3-4,11,13,19H,18H2,1-2H3,(H,21,22). The number of carboxylic acid groups (broad SMARTS) is 1. The van der Waals surface area contributed by atoms with Crippen LogP contribution < -0.4 is 16.5 Å². The van der Waals surface area contributed by atoms with Gasteiger partial charge in [0.2, 0.25) is 11.3 Å². The minimum absolute atomic E-state index is 0.0463. The summed E-state index contributed by atoms with van der Waals surface area (Å²) in [6.07, 6.45) is 0. The number of benzene rings is 1. The fraction of sp³-hybridized carbons (Fsp3) is 0.333. The first-order valence-corrected chi connectivity index (χ1v) is 8.67. The topological polar surface area (TPSA) is 106 Å². The highest BCUT2D eigenvalue weighted by Gasteiger charge is 2.47. The molecule has 1 fully saturated rings. The molecule has 0 saturated carbocycles. The third kappa shape index (κ3) is 2.70. The van der Waals surface area contributed by atoms with Crippen LogP contribution >= 0.6 is 27.7 Å². The van der Waals surface area contributed by atoms with Crippen molar-refractivity contribution in [2.24, 2.45) is 0 Å². The van der Waals surface area contributed by atoms with Crippen LogP contribution in [0.3, 0.4) is 0 Å². The van der Waals surface area contributed by atoms with Crippen molar-refractivity contribution >= 4 is 50.5 Å². The highest BCUT2D eigenvalue weighted by atomic mass is 79.9. The Morgan fingerprint density at radius 1 is 1.50 bits per heavy atom. The first kappa shape index (κ1) is 17.2. The lowest BCUT2D eigenvalue weighted by Crippen LogP contribution is -2.44. The molecule has 0 amide bonds. The molecule has 2 aromatic rings. The number of nitrogens with one attached hydrogen (secondary N) is 1. The smallest absolute Gasteiger partial charge is 0.322 e. The number of rotatable bonds is 2. The number of thioether (sulfide) groups is 1. The molecule has 128 valence electrons. The lowest BCUT2D eigenvalue weighted by molar-refractivity contribution is -0.139. The lowest BCUT2D eigenvalue weighted by atomic mass is 10.0. The van der Waals surface area contributed by atoms with Crippen molar-refractivity contribution in [3.63, 3.8) is 0 Å². The molecule has 4 N–H and O–H groups in total. The van der Waals surface area contributed by atoms with Gasteiger partial charge in [0.15, 0.2) is 5.58 Å². The maximum absolute atomic E-state index is 13.6. The Labute approximate surface area is 148 Å². The van der Waals surface area contributed by atoms with Crippen LogP contribution in [0.4, 0.5) is 10.3 Å². The van der Waals surface area contributed by atoms with Crippen molar-refractivity contribution in [1.29, 1.82) is 0 Å². The summed E-state index contributed by atoms with van der Waals surface area (Å²) in [5, 5.41) is 11.6. The van der Waals surface area contributed by atoms with E-state index < -0.39 is 33.4 Å². The predicted octanol–water partition coefficient (Wildman–Crippen LogP) is 2.84. The van der Waals surface area contributed by atoms with Crippen LogP contribution in [-0.2, 0) is 4.79 Å².